The van der Waals surface area contributed by atoms with Gasteiger partial charge in [0, 0.05) is 12.6 Å². The lowest BCUT2D eigenvalue weighted by Gasteiger charge is -2.10. The topological polar surface area (TPSA) is 55.1 Å². The average Bonchev–Trinajstić information content (AvgIpc) is 2.32. The molecule has 3 N–H and O–H groups in total. The molecule has 0 fully saturated rings. The van der Waals surface area contributed by atoms with Crippen molar-refractivity contribution in [1.29, 1.82) is 0 Å². The molecular formula is C13H19FN2O. The zero-order valence-electron chi connectivity index (χ0n) is 10.3. The Morgan fingerprint density at radius 1 is 1.53 bits per heavy atom. The van der Waals surface area contributed by atoms with E-state index >= 15 is 0 Å². The molecule has 1 amide bonds. The van der Waals surface area contributed by atoms with Crippen LogP contribution in [0.2, 0.25) is 0 Å². The zero-order valence-corrected chi connectivity index (χ0v) is 10.3. The molecule has 1 aromatic rings. The number of hydrogen-bond acceptors (Lipinski definition) is 2. The summed E-state index contributed by atoms with van der Waals surface area (Å²) in [5, 5.41) is 2.67. The molecular weight excluding hydrogens is 219 g/mol. The first kappa shape index (κ1) is 13.6. The molecule has 0 aliphatic carbocycles. The highest BCUT2D eigenvalue weighted by atomic mass is 19.1. The maximum Gasteiger partial charge on any atom is 0.254 e. The minimum absolute atomic E-state index is 0.0812. The van der Waals surface area contributed by atoms with E-state index in [0.717, 1.165) is 6.42 Å². The van der Waals surface area contributed by atoms with Gasteiger partial charge in [0.25, 0.3) is 5.91 Å². The molecule has 0 aromatic heterocycles. The van der Waals surface area contributed by atoms with Gasteiger partial charge in [0.05, 0.1) is 5.56 Å². The van der Waals surface area contributed by atoms with Crippen molar-refractivity contribution in [2.75, 3.05) is 6.54 Å². The lowest BCUT2D eigenvalue weighted by atomic mass is 10.1. The van der Waals surface area contributed by atoms with Crippen LogP contribution >= 0.6 is 0 Å². The highest BCUT2D eigenvalue weighted by Gasteiger charge is 2.12. The van der Waals surface area contributed by atoms with Crippen LogP contribution in [0.25, 0.3) is 0 Å². The second-order valence-electron chi connectivity index (χ2n) is 4.15. The largest absolute Gasteiger partial charge is 0.352 e. The van der Waals surface area contributed by atoms with Gasteiger partial charge in [-0.1, -0.05) is 19.1 Å². The zero-order chi connectivity index (χ0) is 12.8. The molecule has 17 heavy (non-hydrogen) atoms. The number of amides is 1. The summed E-state index contributed by atoms with van der Waals surface area (Å²) in [6.07, 6.45) is 1.57. The molecule has 0 bridgehead atoms. The molecule has 4 heteroatoms. The van der Waals surface area contributed by atoms with Crippen LogP contribution in [-0.4, -0.2) is 18.5 Å². The number of nitrogens with one attached hydrogen (secondary N) is 1. The van der Waals surface area contributed by atoms with Crippen molar-refractivity contribution in [3.8, 4) is 0 Å². The van der Waals surface area contributed by atoms with Gasteiger partial charge in [0.15, 0.2) is 0 Å². The molecule has 0 spiro atoms. The van der Waals surface area contributed by atoms with Gasteiger partial charge in [-0.2, -0.15) is 0 Å². The molecule has 0 aliphatic heterocycles. The van der Waals surface area contributed by atoms with Crippen LogP contribution in [0, 0.1) is 12.7 Å². The van der Waals surface area contributed by atoms with E-state index in [9.17, 15) is 9.18 Å². The summed E-state index contributed by atoms with van der Waals surface area (Å²) in [6.45, 7) is 4.10. The quantitative estimate of drug-likeness (QED) is 0.824. The summed E-state index contributed by atoms with van der Waals surface area (Å²) in [5.74, 6) is -0.834. The van der Waals surface area contributed by atoms with Crippen molar-refractivity contribution >= 4 is 5.91 Å². The number of hydrogen-bond donors (Lipinski definition) is 2. The minimum Gasteiger partial charge on any atom is -0.352 e. The minimum atomic E-state index is -0.454. The van der Waals surface area contributed by atoms with Crippen LogP contribution in [0.3, 0.4) is 0 Å². The number of carbonyl (C=O) groups excluding carboxylic acids is 1. The van der Waals surface area contributed by atoms with E-state index in [2.05, 4.69) is 5.32 Å². The molecule has 94 valence electrons. The van der Waals surface area contributed by atoms with Crippen LogP contribution in [-0.2, 0) is 0 Å². The van der Waals surface area contributed by atoms with E-state index < -0.39 is 5.82 Å². The molecule has 3 nitrogen and oxygen atoms in total. The van der Waals surface area contributed by atoms with Crippen LogP contribution in [0.5, 0.6) is 0 Å². The fourth-order valence-corrected chi connectivity index (χ4v) is 1.49. The third-order valence-electron chi connectivity index (χ3n) is 2.76. The Balaban J connectivity index is 2.56. The van der Waals surface area contributed by atoms with Gasteiger partial charge in [0.2, 0.25) is 0 Å². The van der Waals surface area contributed by atoms with Crippen LogP contribution < -0.4 is 11.1 Å². The average molecular weight is 238 g/mol. The van der Waals surface area contributed by atoms with E-state index in [4.69, 9.17) is 5.73 Å². The Labute approximate surface area is 101 Å². The van der Waals surface area contributed by atoms with Crippen LogP contribution in [0.15, 0.2) is 18.2 Å². The number of nitrogens with two attached hydrogens (primary N) is 1. The van der Waals surface area contributed by atoms with E-state index in [1.54, 1.807) is 19.1 Å². The number of halogens is 1. The summed E-state index contributed by atoms with van der Waals surface area (Å²) in [4.78, 5) is 11.7. The Morgan fingerprint density at radius 2 is 2.24 bits per heavy atom. The normalized spacial score (nSPS) is 12.2. The first-order chi connectivity index (χ1) is 8.06. The van der Waals surface area contributed by atoms with Crippen molar-refractivity contribution in [3.05, 3.63) is 35.1 Å². The Morgan fingerprint density at radius 3 is 2.88 bits per heavy atom. The molecule has 1 rings (SSSR count). The van der Waals surface area contributed by atoms with Crippen LogP contribution in [0.4, 0.5) is 4.39 Å². The van der Waals surface area contributed by atoms with E-state index in [1.807, 2.05) is 6.92 Å². The third-order valence-corrected chi connectivity index (χ3v) is 2.76. The second-order valence-corrected chi connectivity index (χ2v) is 4.15. The van der Waals surface area contributed by atoms with Gasteiger partial charge in [-0.25, -0.2) is 4.39 Å². The third kappa shape index (κ3) is 3.82. The van der Waals surface area contributed by atoms with Crippen molar-refractivity contribution in [2.45, 2.75) is 32.7 Å². The molecule has 1 atom stereocenters. The molecule has 0 saturated heterocycles. The maximum absolute atomic E-state index is 13.6. The number of carbonyl (C=O) groups is 1. The highest BCUT2D eigenvalue weighted by Crippen LogP contribution is 2.11. The summed E-state index contributed by atoms with van der Waals surface area (Å²) in [6, 6.07) is 4.87. The standard InChI is InChI=1S/C13H19FN2O/c1-3-10(15)7-8-16-13(17)11-6-4-5-9(2)12(11)14/h4-6,10H,3,7-8,15H2,1-2H3,(H,16,17). The van der Waals surface area contributed by atoms with Gasteiger partial charge in [-0.05, 0) is 31.4 Å². The SMILES string of the molecule is CCC(N)CCNC(=O)c1cccc(C)c1F. The predicted octanol–water partition coefficient (Wildman–Crippen LogP) is 1.99. The Kier molecular flexibility index (Phi) is 5.10. The van der Waals surface area contributed by atoms with E-state index in [-0.39, 0.29) is 17.5 Å². The lowest BCUT2D eigenvalue weighted by Crippen LogP contribution is -2.30. The predicted molar refractivity (Wildman–Crippen MR) is 66.4 cm³/mol. The molecule has 1 unspecified atom stereocenters. The second kappa shape index (κ2) is 6.35. The fraction of sp³-hybridized carbons (Fsp3) is 0.462. The molecule has 0 saturated carbocycles. The highest BCUT2D eigenvalue weighted by molar-refractivity contribution is 5.94. The van der Waals surface area contributed by atoms with Crippen molar-refractivity contribution in [3.63, 3.8) is 0 Å². The molecule has 0 radical (unpaired) electrons. The first-order valence-corrected chi connectivity index (χ1v) is 5.85. The molecule has 0 heterocycles. The summed E-state index contributed by atoms with van der Waals surface area (Å²) in [5.41, 5.74) is 6.29. The Hall–Kier alpha value is -1.42. The van der Waals surface area contributed by atoms with Gasteiger partial charge in [-0.15, -0.1) is 0 Å². The van der Waals surface area contributed by atoms with Gasteiger partial charge in [-0.3, -0.25) is 4.79 Å². The van der Waals surface area contributed by atoms with Crippen LogP contribution in [0.1, 0.15) is 35.7 Å². The maximum atomic E-state index is 13.6. The molecule has 1 aromatic carbocycles. The number of benzene rings is 1. The summed E-state index contributed by atoms with van der Waals surface area (Å²) < 4.78 is 13.6. The van der Waals surface area contributed by atoms with E-state index in [0.29, 0.717) is 18.5 Å². The van der Waals surface area contributed by atoms with Crippen molar-refractivity contribution in [1.82, 2.24) is 5.32 Å². The van der Waals surface area contributed by atoms with Gasteiger partial charge in [0.1, 0.15) is 5.82 Å². The van der Waals surface area contributed by atoms with Gasteiger partial charge >= 0.3 is 0 Å². The molecule has 0 aliphatic rings. The number of rotatable bonds is 5. The van der Waals surface area contributed by atoms with Crippen molar-refractivity contribution in [2.24, 2.45) is 5.73 Å². The summed E-state index contributed by atoms with van der Waals surface area (Å²) in [7, 11) is 0. The summed E-state index contributed by atoms with van der Waals surface area (Å²) >= 11 is 0. The van der Waals surface area contributed by atoms with E-state index in [1.165, 1.54) is 6.07 Å². The van der Waals surface area contributed by atoms with Crippen molar-refractivity contribution < 1.29 is 9.18 Å². The first-order valence-electron chi connectivity index (χ1n) is 5.85. The van der Waals surface area contributed by atoms with Gasteiger partial charge < -0.3 is 11.1 Å². The lowest BCUT2D eigenvalue weighted by molar-refractivity contribution is 0.0948. The fourth-order valence-electron chi connectivity index (χ4n) is 1.49. The number of aryl methyl sites for hydroxylation is 1. The smallest absolute Gasteiger partial charge is 0.254 e. The monoisotopic (exact) mass is 238 g/mol. The Bertz CT molecular complexity index is 393.